The molecule has 0 aliphatic rings. The molecule has 0 N–H and O–H groups in total. The average Bonchev–Trinajstić information content (AvgIpc) is 2.55. The van der Waals surface area contributed by atoms with Gasteiger partial charge in [0, 0.05) is 6.08 Å². The van der Waals surface area contributed by atoms with Crippen LogP contribution in [0.25, 0.3) is 0 Å². The summed E-state index contributed by atoms with van der Waals surface area (Å²) in [4.78, 5) is 23.4. The van der Waals surface area contributed by atoms with Gasteiger partial charge in [-0.25, -0.2) is 4.79 Å². The molecule has 1 aromatic carbocycles. The number of hydrogen-bond donors (Lipinski definition) is 0. The van der Waals surface area contributed by atoms with E-state index >= 15 is 0 Å². The summed E-state index contributed by atoms with van der Waals surface area (Å²) in [6, 6.07) is 3.23. The molecule has 0 aromatic heterocycles. The van der Waals surface area contributed by atoms with E-state index in [9.17, 15) is 9.59 Å². The first kappa shape index (κ1) is 18.5. The SMILES string of the molecule is CCOc1ccc(C(=O)/C=C/C(=O)OC)c(OCC)c1OCC. The first-order valence-corrected chi connectivity index (χ1v) is 7.44. The van der Waals surface area contributed by atoms with Crippen molar-refractivity contribution in [1.82, 2.24) is 0 Å². The Kier molecular flexibility index (Phi) is 7.66. The van der Waals surface area contributed by atoms with E-state index in [2.05, 4.69) is 4.74 Å². The molecule has 0 spiro atoms. The van der Waals surface area contributed by atoms with Gasteiger partial charge in [0.15, 0.2) is 17.3 Å². The highest BCUT2D eigenvalue weighted by Crippen LogP contribution is 2.40. The quantitative estimate of drug-likeness (QED) is 0.395. The second kappa shape index (κ2) is 9.50. The Balaban J connectivity index is 3.30. The summed E-state index contributed by atoms with van der Waals surface area (Å²) < 4.78 is 21.2. The van der Waals surface area contributed by atoms with Crippen molar-refractivity contribution >= 4 is 11.8 Å². The molecule has 126 valence electrons. The molecule has 23 heavy (non-hydrogen) atoms. The lowest BCUT2D eigenvalue weighted by Gasteiger charge is -2.17. The molecule has 0 amide bonds. The molecule has 6 nitrogen and oxygen atoms in total. The highest BCUT2D eigenvalue weighted by Gasteiger charge is 2.20. The summed E-state index contributed by atoms with van der Waals surface area (Å²) in [5.41, 5.74) is 0.291. The molecule has 0 radical (unpaired) electrons. The fourth-order valence-corrected chi connectivity index (χ4v) is 1.88. The third-order valence-corrected chi connectivity index (χ3v) is 2.79. The van der Waals surface area contributed by atoms with Crippen LogP contribution in [0.15, 0.2) is 24.3 Å². The highest BCUT2D eigenvalue weighted by atomic mass is 16.5. The van der Waals surface area contributed by atoms with Crippen LogP contribution in [0.3, 0.4) is 0 Å². The highest BCUT2D eigenvalue weighted by molar-refractivity contribution is 6.09. The van der Waals surface area contributed by atoms with Crippen LogP contribution in [0.4, 0.5) is 0 Å². The number of esters is 1. The number of rotatable bonds is 9. The molecule has 0 saturated heterocycles. The maximum absolute atomic E-state index is 12.3. The zero-order valence-electron chi connectivity index (χ0n) is 13.9. The smallest absolute Gasteiger partial charge is 0.330 e. The van der Waals surface area contributed by atoms with E-state index in [1.165, 1.54) is 7.11 Å². The van der Waals surface area contributed by atoms with Crippen LogP contribution < -0.4 is 14.2 Å². The predicted octanol–water partition coefficient (Wildman–Crippen LogP) is 2.79. The van der Waals surface area contributed by atoms with E-state index in [1.54, 1.807) is 12.1 Å². The van der Waals surface area contributed by atoms with Gasteiger partial charge in [0.25, 0.3) is 0 Å². The summed E-state index contributed by atoms with van der Waals surface area (Å²) in [6.45, 7) is 6.71. The second-order valence-electron chi connectivity index (χ2n) is 4.29. The molecule has 0 aliphatic carbocycles. The van der Waals surface area contributed by atoms with Crippen LogP contribution >= 0.6 is 0 Å². The number of carbonyl (C=O) groups is 2. The normalized spacial score (nSPS) is 10.4. The standard InChI is InChI=1S/C17H22O6/c1-5-21-14-10-8-12(13(18)9-11-15(19)20-4)16(22-6-2)17(14)23-7-3/h8-11H,5-7H2,1-4H3/b11-9+. The summed E-state index contributed by atoms with van der Waals surface area (Å²) in [5.74, 6) is 0.203. The third-order valence-electron chi connectivity index (χ3n) is 2.79. The molecule has 1 rings (SSSR count). The molecule has 0 saturated carbocycles. The average molecular weight is 322 g/mol. The molecule has 0 fully saturated rings. The van der Waals surface area contributed by atoms with Crippen LogP contribution in [-0.4, -0.2) is 38.7 Å². The monoisotopic (exact) mass is 322 g/mol. The molecule has 6 heteroatoms. The summed E-state index contributed by atoms with van der Waals surface area (Å²) in [7, 11) is 1.24. The topological polar surface area (TPSA) is 71.1 Å². The molecule has 0 bridgehead atoms. The lowest BCUT2D eigenvalue weighted by Crippen LogP contribution is -2.07. The number of allylic oxidation sites excluding steroid dienone is 1. The summed E-state index contributed by atoms with van der Waals surface area (Å²) >= 11 is 0. The Labute approximate surface area is 136 Å². The van der Waals surface area contributed by atoms with Gasteiger partial charge in [-0.2, -0.15) is 0 Å². The number of carbonyl (C=O) groups excluding carboxylic acids is 2. The largest absolute Gasteiger partial charge is 0.490 e. The van der Waals surface area contributed by atoms with Gasteiger partial charge in [0.1, 0.15) is 0 Å². The Morgan fingerprint density at radius 1 is 0.913 bits per heavy atom. The first-order valence-electron chi connectivity index (χ1n) is 7.44. The van der Waals surface area contributed by atoms with Gasteiger partial charge in [-0.15, -0.1) is 0 Å². The minimum Gasteiger partial charge on any atom is -0.490 e. The zero-order chi connectivity index (χ0) is 17.2. The Morgan fingerprint density at radius 3 is 2.09 bits per heavy atom. The third kappa shape index (κ3) is 5.02. The zero-order valence-corrected chi connectivity index (χ0v) is 13.9. The van der Waals surface area contributed by atoms with Gasteiger partial charge < -0.3 is 18.9 Å². The molecule has 1 aromatic rings. The number of ketones is 1. The van der Waals surface area contributed by atoms with E-state index in [4.69, 9.17) is 14.2 Å². The van der Waals surface area contributed by atoms with Crippen LogP contribution in [0, 0.1) is 0 Å². The maximum Gasteiger partial charge on any atom is 0.330 e. The molecule has 0 atom stereocenters. The fraction of sp³-hybridized carbons (Fsp3) is 0.412. The van der Waals surface area contributed by atoms with Gasteiger partial charge in [0.2, 0.25) is 5.75 Å². The maximum atomic E-state index is 12.3. The van der Waals surface area contributed by atoms with Crippen molar-refractivity contribution in [2.24, 2.45) is 0 Å². The lowest BCUT2D eigenvalue weighted by molar-refractivity contribution is -0.134. The van der Waals surface area contributed by atoms with Crippen LogP contribution in [0.2, 0.25) is 0 Å². The lowest BCUT2D eigenvalue weighted by atomic mass is 10.1. The van der Waals surface area contributed by atoms with Crippen molar-refractivity contribution in [3.05, 3.63) is 29.8 Å². The number of methoxy groups -OCH3 is 1. The number of ether oxygens (including phenoxy) is 4. The molecular weight excluding hydrogens is 300 g/mol. The van der Waals surface area contributed by atoms with Crippen LogP contribution in [0.1, 0.15) is 31.1 Å². The van der Waals surface area contributed by atoms with Crippen molar-refractivity contribution in [3.63, 3.8) is 0 Å². The Hall–Kier alpha value is -2.50. The van der Waals surface area contributed by atoms with E-state index in [0.717, 1.165) is 12.2 Å². The van der Waals surface area contributed by atoms with Gasteiger partial charge in [-0.05, 0) is 39.0 Å². The van der Waals surface area contributed by atoms with Crippen LogP contribution in [0.5, 0.6) is 17.2 Å². The van der Waals surface area contributed by atoms with E-state index < -0.39 is 5.97 Å². The van der Waals surface area contributed by atoms with Gasteiger partial charge in [-0.1, -0.05) is 0 Å². The molecule has 0 heterocycles. The van der Waals surface area contributed by atoms with Crippen molar-refractivity contribution < 1.29 is 28.5 Å². The number of hydrogen-bond acceptors (Lipinski definition) is 6. The van der Waals surface area contributed by atoms with E-state index in [0.29, 0.717) is 42.6 Å². The van der Waals surface area contributed by atoms with Crippen molar-refractivity contribution in [3.8, 4) is 17.2 Å². The molecule has 0 aliphatic heterocycles. The van der Waals surface area contributed by atoms with Crippen molar-refractivity contribution in [2.75, 3.05) is 26.9 Å². The van der Waals surface area contributed by atoms with Gasteiger partial charge in [0.05, 0.1) is 32.5 Å². The van der Waals surface area contributed by atoms with E-state index in [-0.39, 0.29) is 5.78 Å². The molecule has 0 unspecified atom stereocenters. The number of benzene rings is 1. The second-order valence-corrected chi connectivity index (χ2v) is 4.29. The van der Waals surface area contributed by atoms with Crippen LogP contribution in [-0.2, 0) is 9.53 Å². The van der Waals surface area contributed by atoms with Gasteiger partial charge >= 0.3 is 5.97 Å². The Bertz CT molecular complexity index is 577. The summed E-state index contributed by atoms with van der Waals surface area (Å²) in [5, 5.41) is 0. The summed E-state index contributed by atoms with van der Waals surface area (Å²) in [6.07, 6.45) is 2.20. The van der Waals surface area contributed by atoms with E-state index in [1.807, 2.05) is 20.8 Å². The molecular formula is C17H22O6. The predicted molar refractivity (Wildman–Crippen MR) is 85.4 cm³/mol. The van der Waals surface area contributed by atoms with Crippen molar-refractivity contribution in [1.29, 1.82) is 0 Å². The minimum absolute atomic E-state index is 0.291. The first-order chi connectivity index (χ1) is 11.1. The Morgan fingerprint density at radius 2 is 1.52 bits per heavy atom. The fourth-order valence-electron chi connectivity index (χ4n) is 1.88. The van der Waals surface area contributed by atoms with Crippen molar-refractivity contribution in [2.45, 2.75) is 20.8 Å². The van der Waals surface area contributed by atoms with Gasteiger partial charge in [-0.3, -0.25) is 4.79 Å². The minimum atomic E-state index is -0.604.